The van der Waals surface area contributed by atoms with Crippen molar-refractivity contribution in [3.8, 4) is 5.75 Å². The molecule has 0 saturated carbocycles. The summed E-state index contributed by atoms with van der Waals surface area (Å²) in [5.74, 6) is -0.154. The van der Waals surface area contributed by atoms with Gasteiger partial charge in [-0.1, -0.05) is 11.6 Å². The second-order valence-electron chi connectivity index (χ2n) is 4.29. The van der Waals surface area contributed by atoms with Gasteiger partial charge in [-0.05, 0) is 43.7 Å². The molecule has 0 radical (unpaired) electrons. The minimum atomic E-state index is -0.818. The summed E-state index contributed by atoms with van der Waals surface area (Å²) < 4.78 is 5.14. The topological polar surface area (TPSA) is 49.8 Å². The predicted molar refractivity (Wildman–Crippen MR) is 71.6 cm³/mol. The number of ether oxygens (including phenoxy) is 1. The van der Waals surface area contributed by atoms with Crippen molar-refractivity contribution in [3.05, 3.63) is 28.3 Å². The molecule has 0 unspecified atom stereocenters. The maximum Gasteiger partial charge on any atom is 0.317 e. The predicted octanol–water partition coefficient (Wildman–Crippen LogP) is 2.22. The van der Waals surface area contributed by atoms with Gasteiger partial charge in [-0.15, -0.1) is 0 Å². The quantitative estimate of drug-likeness (QED) is 0.862. The summed E-state index contributed by atoms with van der Waals surface area (Å²) in [6.07, 6.45) is 0.763. The van der Waals surface area contributed by atoms with Crippen LogP contribution in [0.3, 0.4) is 0 Å². The van der Waals surface area contributed by atoms with E-state index in [1.54, 1.807) is 19.1 Å². The number of benzene rings is 1. The lowest BCUT2D eigenvalue weighted by Crippen LogP contribution is -2.27. The van der Waals surface area contributed by atoms with Crippen LogP contribution in [-0.4, -0.2) is 43.2 Å². The van der Waals surface area contributed by atoms with Gasteiger partial charge in [0.25, 0.3) is 0 Å². The van der Waals surface area contributed by atoms with E-state index in [0.717, 1.165) is 17.5 Å². The van der Waals surface area contributed by atoms with E-state index in [4.69, 9.17) is 21.4 Å². The molecule has 0 aliphatic carbocycles. The summed E-state index contributed by atoms with van der Waals surface area (Å²) in [6, 6.07) is 3.78. The van der Waals surface area contributed by atoms with Gasteiger partial charge in [0, 0.05) is 6.54 Å². The Labute approximate surface area is 112 Å². The van der Waals surface area contributed by atoms with E-state index in [1.165, 1.54) is 0 Å². The van der Waals surface area contributed by atoms with Gasteiger partial charge in [0.05, 0.1) is 18.7 Å². The molecule has 0 amide bonds. The van der Waals surface area contributed by atoms with Crippen LogP contribution in [0.2, 0.25) is 5.02 Å². The third-order valence-electron chi connectivity index (χ3n) is 2.78. The van der Waals surface area contributed by atoms with Crippen LogP contribution >= 0.6 is 11.6 Å². The van der Waals surface area contributed by atoms with Gasteiger partial charge in [0.15, 0.2) is 0 Å². The zero-order chi connectivity index (χ0) is 13.7. The summed E-state index contributed by atoms with van der Waals surface area (Å²) in [5, 5.41) is 9.25. The van der Waals surface area contributed by atoms with E-state index in [1.807, 2.05) is 19.1 Å². The van der Waals surface area contributed by atoms with E-state index in [9.17, 15) is 4.79 Å². The van der Waals surface area contributed by atoms with Gasteiger partial charge < -0.3 is 9.84 Å². The Hall–Kier alpha value is -1.26. The number of likely N-dealkylation sites (N-methyl/N-ethyl adjacent to an activating group) is 1. The van der Waals surface area contributed by atoms with Crippen LogP contribution in [0.4, 0.5) is 0 Å². The lowest BCUT2D eigenvalue weighted by Gasteiger charge is -2.15. The first-order valence-electron chi connectivity index (χ1n) is 5.67. The summed E-state index contributed by atoms with van der Waals surface area (Å²) in [4.78, 5) is 12.3. The Morgan fingerprint density at radius 2 is 2.17 bits per heavy atom. The zero-order valence-electron chi connectivity index (χ0n) is 10.9. The molecule has 0 saturated heterocycles. The minimum absolute atomic E-state index is 0.0446. The number of rotatable bonds is 6. The minimum Gasteiger partial charge on any atom is -0.495 e. The lowest BCUT2D eigenvalue weighted by atomic mass is 10.1. The van der Waals surface area contributed by atoms with Gasteiger partial charge >= 0.3 is 5.97 Å². The van der Waals surface area contributed by atoms with Gasteiger partial charge in [-0.25, -0.2) is 0 Å². The number of aryl methyl sites for hydroxylation is 1. The fourth-order valence-corrected chi connectivity index (χ4v) is 2.01. The van der Waals surface area contributed by atoms with E-state index in [0.29, 0.717) is 17.3 Å². The molecule has 0 aliphatic heterocycles. The van der Waals surface area contributed by atoms with Gasteiger partial charge in [0.2, 0.25) is 0 Å². The number of hydrogen-bond donors (Lipinski definition) is 1. The van der Waals surface area contributed by atoms with Crippen LogP contribution in [0, 0.1) is 6.92 Å². The maximum atomic E-state index is 10.5. The lowest BCUT2D eigenvalue weighted by molar-refractivity contribution is -0.137. The summed E-state index contributed by atoms with van der Waals surface area (Å²) in [5.41, 5.74) is 2.21. The molecule has 0 spiro atoms. The largest absolute Gasteiger partial charge is 0.495 e. The monoisotopic (exact) mass is 271 g/mol. The molecule has 18 heavy (non-hydrogen) atoms. The van der Waals surface area contributed by atoms with E-state index < -0.39 is 5.97 Å². The second-order valence-corrected chi connectivity index (χ2v) is 4.70. The number of carboxylic acids is 1. The van der Waals surface area contributed by atoms with Crippen LogP contribution in [0.25, 0.3) is 0 Å². The molecular formula is C13H18ClNO3. The molecule has 1 aromatic carbocycles. The average Bonchev–Trinajstić information content (AvgIpc) is 2.28. The average molecular weight is 272 g/mol. The van der Waals surface area contributed by atoms with Crippen molar-refractivity contribution in [3.63, 3.8) is 0 Å². The molecule has 0 aromatic heterocycles. The van der Waals surface area contributed by atoms with Crippen molar-refractivity contribution in [1.82, 2.24) is 4.90 Å². The van der Waals surface area contributed by atoms with Crippen molar-refractivity contribution in [2.45, 2.75) is 13.3 Å². The Balaban J connectivity index is 2.68. The molecule has 100 valence electrons. The van der Waals surface area contributed by atoms with Crippen molar-refractivity contribution in [2.24, 2.45) is 0 Å². The third-order valence-corrected chi connectivity index (χ3v) is 3.07. The number of nitrogens with zero attached hydrogens (tertiary/aromatic N) is 1. The number of carbonyl (C=O) groups is 1. The highest BCUT2D eigenvalue weighted by atomic mass is 35.5. The number of halogens is 1. The summed E-state index contributed by atoms with van der Waals surface area (Å²) in [6.45, 7) is 2.71. The van der Waals surface area contributed by atoms with Gasteiger partial charge in [0.1, 0.15) is 5.75 Å². The van der Waals surface area contributed by atoms with Crippen molar-refractivity contribution in [2.75, 3.05) is 27.2 Å². The molecule has 5 heteroatoms. The SMILES string of the molecule is COc1cc(C)c(CCN(C)CC(=O)O)cc1Cl. The molecular weight excluding hydrogens is 254 g/mol. The highest BCUT2D eigenvalue weighted by molar-refractivity contribution is 6.32. The van der Waals surface area contributed by atoms with E-state index in [-0.39, 0.29) is 6.54 Å². The molecule has 4 nitrogen and oxygen atoms in total. The maximum absolute atomic E-state index is 10.5. The van der Waals surface area contributed by atoms with Crippen LogP contribution in [0.5, 0.6) is 5.75 Å². The Morgan fingerprint density at radius 1 is 1.50 bits per heavy atom. The summed E-state index contributed by atoms with van der Waals surface area (Å²) >= 11 is 6.07. The molecule has 0 atom stereocenters. The highest BCUT2D eigenvalue weighted by Crippen LogP contribution is 2.28. The normalized spacial score (nSPS) is 10.7. The third kappa shape index (κ3) is 4.20. The van der Waals surface area contributed by atoms with Crippen molar-refractivity contribution in [1.29, 1.82) is 0 Å². The Morgan fingerprint density at radius 3 is 2.72 bits per heavy atom. The molecule has 0 bridgehead atoms. The van der Waals surface area contributed by atoms with Crippen LogP contribution < -0.4 is 4.74 Å². The number of methoxy groups -OCH3 is 1. The first-order chi connectivity index (χ1) is 8.43. The molecule has 1 rings (SSSR count). The number of aliphatic carboxylic acids is 1. The highest BCUT2D eigenvalue weighted by Gasteiger charge is 2.08. The standard InChI is InChI=1S/C13H18ClNO3/c1-9-6-12(18-3)11(14)7-10(9)4-5-15(2)8-13(16)17/h6-7H,4-5,8H2,1-3H3,(H,16,17). The molecule has 0 fully saturated rings. The van der Waals surface area contributed by atoms with Crippen molar-refractivity contribution >= 4 is 17.6 Å². The number of hydrogen-bond acceptors (Lipinski definition) is 3. The van der Waals surface area contributed by atoms with Crippen LogP contribution in [0.15, 0.2) is 12.1 Å². The first-order valence-corrected chi connectivity index (χ1v) is 6.05. The molecule has 1 N–H and O–H groups in total. The van der Waals surface area contributed by atoms with Crippen LogP contribution in [0.1, 0.15) is 11.1 Å². The number of carboxylic acid groups (broad SMARTS) is 1. The van der Waals surface area contributed by atoms with Gasteiger partial charge in [-0.3, -0.25) is 9.69 Å². The first kappa shape index (κ1) is 14.8. The fraction of sp³-hybridized carbons (Fsp3) is 0.462. The van der Waals surface area contributed by atoms with E-state index >= 15 is 0 Å². The smallest absolute Gasteiger partial charge is 0.317 e. The van der Waals surface area contributed by atoms with Crippen LogP contribution in [-0.2, 0) is 11.2 Å². The Bertz CT molecular complexity index is 434. The zero-order valence-corrected chi connectivity index (χ0v) is 11.6. The second kappa shape index (κ2) is 6.61. The fourth-order valence-electron chi connectivity index (χ4n) is 1.74. The Kier molecular flexibility index (Phi) is 5.44. The van der Waals surface area contributed by atoms with Crippen molar-refractivity contribution < 1.29 is 14.6 Å². The summed E-state index contributed by atoms with van der Waals surface area (Å²) in [7, 11) is 3.37. The molecule has 0 aliphatic rings. The molecule has 1 aromatic rings. The van der Waals surface area contributed by atoms with Gasteiger partial charge in [-0.2, -0.15) is 0 Å². The van der Waals surface area contributed by atoms with E-state index in [2.05, 4.69) is 0 Å². The molecule has 0 heterocycles.